The lowest BCUT2D eigenvalue weighted by Gasteiger charge is -2.11. The van der Waals surface area contributed by atoms with Crippen molar-refractivity contribution in [3.05, 3.63) is 29.8 Å². The number of amides is 2. The molecule has 21 heavy (non-hydrogen) atoms. The molecule has 0 radical (unpaired) electrons. The first-order valence-electron chi connectivity index (χ1n) is 6.84. The van der Waals surface area contributed by atoms with Gasteiger partial charge in [0, 0.05) is 11.8 Å². The number of para-hydroxylation sites is 1. The largest absolute Gasteiger partial charge is 0.507 e. The van der Waals surface area contributed by atoms with Crippen molar-refractivity contribution in [1.82, 2.24) is 10.7 Å². The Balaban J connectivity index is 2.54. The third-order valence-corrected chi connectivity index (χ3v) is 2.93. The highest BCUT2D eigenvalue weighted by molar-refractivity contribution is 6.01. The van der Waals surface area contributed by atoms with Gasteiger partial charge in [0.2, 0.25) is 5.91 Å². The molecule has 0 aromatic heterocycles. The molecule has 114 valence electrons. The molecular formula is C15H21N3O3. The fourth-order valence-corrected chi connectivity index (χ4v) is 1.57. The van der Waals surface area contributed by atoms with Crippen molar-refractivity contribution < 1.29 is 14.7 Å². The number of carbonyl (C=O) groups excluding carboxylic acids is 2. The molecule has 0 bridgehead atoms. The minimum Gasteiger partial charge on any atom is -0.507 e. The second-order valence-corrected chi connectivity index (χ2v) is 4.86. The summed E-state index contributed by atoms with van der Waals surface area (Å²) in [6.45, 7) is 5.56. The highest BCUT2D eigenvalue weighted by atomic mass is 16.3. The quantitative estimate of drug-likeness (QED) is 0.551. The van der Waals surface area contributed by atoms with Gasteiger partial charge in [0.15, 0.2) is 0 Å². The van der Waals surface area contributed by atoms with Gasteiger partial charge < -0.3 is 10.4 Å². The Labute approximate surface area is 124 Å². The summed E-state index contributed by atoms with van der Waals surface area (Å²) in [6.07, 6.45) is 0.970. The molecule has 0 unspecified atom stereocenters. The predicted molar refractivity (Wildman–Crippen MR) is 81.2 cm³/mol. The van der Waals surface area contributed by atoms with E-state index in [4.69, 9.17) is 0 Å². The number of phenolic OH excluding ortho intramolecular Hbond substituents is 1. The maximum absolute atomic E-state index is 11.8. The molecule has 1 aromatic carbocycles. The summed E-state index contributed by atoms with van der Waals surface area (Å²) in [4.78, 5) is 23.4. The van der Waals surface area contributed by atoms with E-state index in [2.05, 4.69) is 15.8 Å². The van der Waals surface area contributed by atoms with Gasteiger partial charge in [-0.05, 0) is 32.4 Å². The first kappa shape index (κ1) is 16.7. The molecule has 0 heterocycles. The summed E-state index contributed by atoms with van der Waals surface area (Å²) in [6, 6.07) is 6.29. The van der Waals surface area contributed by atoms with E-state index >= 15 is 0 Å². The first-order valence-corrected chi connectivity index (χ1v) is 6.84. The van der Waals surface area contributed by atoms with E-state index in [1.54, 1.807) is 19.1 Å². The van der Waals surface area contributed by atoms with Gasteiger partial charge in [-0.25, -0.2) is 5.43 Å². The third kappa shape index (κ3) is 5.64. The van der Waals surface area contributed by atoms with Crippen molar-refractivity contribution in [3.8, 4) is 5.75 Å². The number of hydrogen-bond donors (Lipinski definition) is 3. The Morgan fingerprint density at radius 2 is 2.00 bits per heavy atom. The zero-order valence-electron chi connectivity index (χ0n) is 12.5. The molecule has 6 heteroatoms. The normalized spacial score (nSPS) is 12.6. The highest BCUT2D eigenvalue weighted by Crippen LogP contribution is 2.14. The summed E-state index contributed by atoms with van der Waals surface area (Å²) < 4.78 is 0. The van der Waals surface area contributed by atoms with Crippen molar-refractivity contribution in [3.63, 3.8) is 0 Å². The number of phenols is 1. The molecule has 0 fully saturated rings. The van der Waals surface area contributed by atoms with Crippen LogP contribution in [0.25, 0.3) is 0 Å². The number of carbonyl (C=O) groups is 2. The minimum absolute atomic E-state index is 0.112. The lowest BCUT2D eigenvalue weighted by molar-refractivity contribution is -0.120. The molecule has 2 amide bonds. The number of nitrogens with zero attached hydrogens (tertiary/aromatic N) is 1. The van der Waals surface area contributed by atoms with Gasteiger partial charge in [-0.15, -0.1) is 0 Å². The predicted octanol–water partition coefficient (Wildman–Crippen LogP) is 1.80. The molecular weight excluding hydrogens is 270 g/mol. The number of rotatable bonds is 6. The van der Waals surface area contributed by atoms with E-state index < -0.39 is 5.91 Å². The number of hydrogen-bond acceptors (Lipinski definition) is 4. The van der Waals surface area contributed by atoms with Crippen LogP contribution in [-0.4, -0.2) is 28.7 Å². The molecule has 1 aromatic rings. The summed E-state index contributed by atoms with van der Waals surface area (Å²) in [7, 11) is 0. The fourth-order valence-electron chi connectivity index (χ4n) is 1.57. The average molecular weight is 291 g/mol. The number of aromatic hydroxyl groups is 1. The molecule has 0 saturated carbocycles. The Bertz CT molecular complexity index is 541. The smallest absolute Gasteiger partial charge is 0.275 e. The molecule has 0 saturated heterocycles. The van der Waals surface area contributed by atoms with Crippen LogP contribution in [0.2, 0.25) is 0 Å². The maximum atomic E-state index is 11.8. The molecule has 0 aliphatic carbocycles. The van der Waals surface area contributed by atoms with Crippen LogP contribution in [0.4, 0.5) is 0 Å². The Hall–Kier alpha value is -2.37. The van der Waals surface area contributed by atoms with Gasteiger partial charge in [0.05, 0.1) is 12.0 Å². The van der Waals surface area contributed by atoms with Crippen molar-refractivity contribution in [2.24, 2.45) is 5.10 Å². The van der Waals surface area contributed by atoms with Crippen LogP contribution < -0.4 is 10.7 Å². The van der Waals surface area contributed by atoms with Gasteiger partial charge >= 0.3 is 0 Å². The summed E-state index contributed by atoms with van der Waals surface area (Å²) in [5, 5.41) is 16.2. The van der Waals surface area contributed by atoms with Gasteiger partial charge in [-0.1, -0.05) is 19.1 Å². The van der Waals surface area contributed by atoms with Crippen LogP contribution in [0.3, 0.4) is 0 Å². The minimum atomic E-state index is -0.519. The van der Waals surface area contributed by atoms with Crippen LogP contribution in [0, 0.1) is 0 Å². The van der Waals surface area contributed by atoms with E-state index in [0.717, 1.165) is 6.42 Å². The number of nitrogens with one attached hydrogen (secondary N) is 2. The topological polar surface area (TPSA) is 90.8 Å². The maximum Gasteiger partial charge on any atom is 0.275 e. The second-order valence-electron chi connectivity index (χ2n) is 4.86. The average Bonchev–Trinajstić information content (AvgIpc) is 2.44. The summed E-state index contributed by atoms with van der Waals surface area (Å²) in [5.74, 6) is -0.769. The zero-order valence-corrected chi connectivity index (χ0v) is 12.5. The standard InChI is InChI=1S/C15H21N3O3/c1-4-10(2)16-14(20)9-11(3)17-18-15(21)12-7-5-6-8-13(12)19/h5-8,10,19H,4,9H2,1-3H3,(H,16,20)(H,18,21)/t10-/m1/s1. The SMILES string of the molecule is CC[C@@H](C)NC(=O)CC(C)=NNC(=O)c1ccccc1O. The van der Waals surface area contributed by atoms with Crippen molar-refractivity contribution in [2.45, 2.75) is 39.7 Å². The molecule has 0 aliphatic rings. The van der Waals surface area contributed by atoms with Gasteiger partial charge in [0.1, 0.15) is 5.75 Å². The number of hydrazone groups is 1. The molecule has 0 spiro atoms. The Morgan fingerprint density at radius 1 is 1.33 bits per heavy atom. The second kappa shape index (κ2) is 8.04. The van der Waals surface area contributed by atoms with E-state index in [9.17, 15) is 14.7 Å². The lowest BCUT2D eigenvalue weighted by atomic mass is 10.2. The van der Waals surface area contributed by atoms with E-state index in [1.807, 2.05) is 13.8 Å². The lowest BCUT2D eigenvalue weighted by Crippen LogP contribution is -2.33. The Kier molecular flexibility index (Phi) is 6.39. The van der Waals surface area contributed by atoms with E-state index in [0.29, 0.717) is 5.71 Å². The van der Waals surface area contributed by atoms with Gasteiger partial charge in [-0.3, -0.25) is 9.59 Å². The molecule has 1 atom stereocenters. The fraction of sp³-hybridized carbons (Fsp3) is 0.400. The van der Waals surface area contributed by atoms with Crippen LogP contribution in [0.15, 0.2) is 29.4 Å². The third-order valence-electron chi connectivity index (χ3n) is 2.93. The van der Waals surface area contributed by atoms with E-state index in [-0.39, 0.29) is 29.7 Å². The number of benzene rings is 1. The van der Waals surface area contributed by atoms with Crippen molar-refractivity contribution in [1.29, 1.82) is 0 Å². The zero-order chi connectivity index (χ0) is 15.8. The van der Waals surface area contributed by atoms with Crippen LogP contribution >= 0.6 is 0 Å². The molecule has 1 rings (SSSR count). The monoisotopic (exact) mass is 291 g/mol. The molecule has 6 nitrogen and oxygen atoms in total. The van der Waals surface area contributed by atoms with Gasteiger partial charge in [-0.2, -0.15) is 5.10 Å². The van der Waals surface area contributed by atoms with Crippen LogP contribution in [0.1, 0.15) is 44.0 Å². The highest BCUT2D eigenvalue weighted by Gasteiger charge is 2.10. The molecule has 3 N–H and O–H groups in total. The van der Waals surface area contributed by atoms with Crippen LogP contribution in [-0.2, 0) is 4.79 Å². The Morgan fingerprint density at radius 3 is 2.62 bits per heavy atom. The van der Waals surface area contributed by atoms with Crippen molar-refractivity contribution >= 4 is 17.5 Å². The van der Waals surface area contributed by atoms with Crippen LogP contribution in [0.5, 0.6) is 5.75 Å². The summed E-state index contributed by atoms with van der Waals surface area (Å²) >= 11 is 0. The first-order chi connectivity index (χ1) is 9.93. The van der Waals surface area contributed by atoms with E-state index in [1.165, 1.54) is 12.1 Å². The van der Waals surface area contributed by atoms with Crippen molar-refractivity contribution in [2.75, 3.05) is 0 Å². The van der Waals surface area contributed by atoms with Gasteiger partial charge in [0.25, 0.3) is 5.91 Å². The molecule has 0 aliphatic heterocycles. The summed E-state index contributed by atoms with van der Waals surface area (Å²) in [5.41, 5.74) is 2.94.